The molecule has 0 aliphatic carbocycles. The van der Waals surface area contributed by atoms with E-state index in [1.165, 1.54) is 71.2 Å². The van der Waals surface area contributed by atoms with Crippen LogP contribution in [-0.4, -0.2) is 9.13 Å². The number of aromatic nitrogens is 2. The first-order valence-electron chi connectivity index (χ1n) is 14.5. The van der Waals surface area contributed by atoms with E-state index in [-0.39, 0.29) is 0 Å². The number of benzene rings is 7. The molecule has 196 valence electrons. The molecule has 2 heteroatoms. The number of hydrogen-bond donors (Lipinski definition) is 0. The Labute approximate surface area is 243 Å². The van der Waals surface area contributed by atoms with E-state index in [2.05, 4.69) is 167 Å². The Bertz CT molecular complexity index is 2460. The van der Waals surface area contributed by atoms with Gasteiger partial charge in [0.1, 0.15) is 0 Å². The maximum absolute atomic E-state index is 2.47. The summed E-state index contributed by atoms with van der Waals surface area (Å²) in [7, 11) is 0. The minimum absolute atomic E-state index is 1.16. The van der Waals surface area contributed by atoms with E-state index in [4.69, 9.17) is 0 Å². The van der Waals surface area contributed by atoms with Gasteiger partial charge in [0.25, 0.3) is 0 Å². The third kappa shape index (κ3) is 3.33. The Morgan fingerprint density at radius 3 is 1.86 bits per heavy atom. The molecule has 0 spiro atoms. The molecular weight excluding hydrogens is 508 g/mol. The van der Waals surface area contributed by atoms with E-state index in [9.17, 15) is 0 Å². The molecule has 2 nitrogen and oxygen atoms in total. The molecule has 0 bridgehead atoms. The van der Waals surface area contributed by atoms with Crippen molar-refractivity contribution < 1.29 is 0 Å². The summed E-state index contributed by atoms with van der Waals surface area (Å²) in [6, 6.07) is 57.2. The SMILES string of the molecule is c1ccc(-c2cccc(-n3c4ccccc4c4c3ccc3c5ccccc5n(-c5ccc6ccccc6c5)c34)c2)cc1. The van der Waals surface area contributed by atoms with E-state index in [1.807, 2.05) is 0 Å². The fourth-order valence-corrected chi connectivity index (χ4v) is 6.83. The number of fused-ring (bicyclic) bond motifs is 8. The van der Waals surface area contributed by atoms with Gasteiger partial charge in [-0.2, -0.15) is 0 Å². The van der Waals surface area contributed by atoms with E-state index >= 15 is 0 Å². The van der Waals surface area contributed by atoms with Gasteiger partial charge in [-0.1, -0.05) is 115 Å². The summed E-state index contributed by atoms with van der Waals surface area (Å²) in [5.41, 5.74) is 9.66. The molecule has 7 aromatic carbocycles. The topological polar surface area (TPSA) is 9.86 Å². The lowest BCUT2D eigenvalue weighted by Gasteiger charge is -2.12. The van der Waals surface area contributed by atoms with E-state index in [1.54, 1.807) is 0 Å². The van der Waals surface area contributed by atoms with Gasteiger partial charge < -0.3 is 9.13 Å². The first kappa shape index (κ1) is 23.1. The molecule has 0 aliphatic rings. The van der Waals surface area contributed by atoms with Gasteiger partial charge >= 0.3 is 0 Å². The number of hydrogen-bond acceptors (Lipinski definition) is 0. The zero-order chi connectivity index (χ0) is 27.6. The first-order valence-corrected chi connectivity index (χ1v) is 14.5. The monoisotopic (exact) mass is 534 g/mol. The fraction of sp³-hybridized carbons (Fsp3) is 0. The van der Waals surface area contributed by atoms with Crippen LogP contribution < -0.4 is 0 Å². The average Bonchev–Trinajstić information content (AvgIpc) is 3.58. The summed E-state index contributed by atoms with van der Waals surface area (Å²) in [6.45, 7) is 0. The molecule has 9 aromatic rings. The third-order valence-corrected chi connectivity index (χ3v) is 8.67. The minimum atomic E-state index is 1.16. The highest BCUT2D eigenvalue weighted by Crippen LogP contribution is 2.42. The van der Waals surface area contributed by atoms with Crippen molar-refractivity contribution in [3.05, 3.63) is 158 Å². The van der Waals surface area contributed by atoms with Gasteiger partial charge in [0.15, 0.2) is 0 Å². The summed E-state index contributed by atoms with van der Waals surface area (Å²) in [6.07, 6.45) is 0. The van der Waals surface area contributed by atoms with Crippen molar-refractivity contribution in [1.82, 2.24) is 9.13 Å². The van der Waals surface area contributed by atoms with Crippen LogP contribution in [0.1, 0.15) is 0 Å². The van der Waals surface area contributed by atoms with Crippen molar-refractivity contribution in [2.75, 3.05) is 0 Å². The lowest BCUT2D eigenvalue weighted by Crippen LogP contribution is -1.96. The van der Waals surface area contributed by atoms with Crippen LogP contribution in [0.4, 0.5) is 0 Å². The molecule has 0 fully saturated rings. The molecule has 2 heterocycles. The van der Waals surface area contributed by atoms with E-state index in [0.717, 1.165) is 5.69 Å². The van der Waals surface area contributed by atoms with Crippen molar-refractivity contribution in [2.24, 2.45) is 0 Å². The van der Waals surface area contributed by atoms with Crippen molar-refractivity contribution >= 4 is 54.4 Å². The summed E-state index contributed by atoms with van der Waals surface area (Å²) >= 11 is 0. The van der Waals surface area contributed by atoms with Gasteiger partial charge in [0.2, 0.25) is 0 Å². The van der Waals surface area contributed by atoms with Gasteiger partial charge in [-0.05, 0) is 64.4 Å². The predicted molar refractivity (Wildman–Crippen MR) is 178 cm³/mol. The molecule has 9 rings (SSSR count). The van der Waals surface area contributed by atoms with Crippen LogP contribution in [0, 0.1) is 0 Å². The lowest BCUT2D eigenvalue weighted by molar-refractivity contribution is 1.18. The molecule has 0 saturated carbocycles. The summed E-state index contributed by atoms with van der Waals surface area (Å²) in [5, 5.41) is 7.57. The number of rotatable bonds is 3. The van der Waals surface area contributed by atoms with Crippen molar-refractivity contribution in [3.63, 3.8) is 0 Å². The molecule has 42 heavy (non-hydrogen) atoms. The van der Waals surface area contributed by atoms with Crippen LogP contribution in [-0.2, 0) is 0 Å². The highest BCUT2D eigenvalue weighted by atomic mass is 15.0. The Balaban J connectivity index is 1.42. The third-order valence-electron chi connectivity index (χ3n) is 8.67. The Morgan fingerprint density at radius 1 is 0.333 bits per heavy atom. The molecular formula is C40H26N2. The molecule has 0 radical (unpaired) electrons. The van der Waals surface area contributed by atoms with Crippen molar-refractivity contribution in [2.45, 2.75) is 0 Å². The van der Waals surface area contributed by atoms with Crippen LogP contribution in [0.5, 0.6) is 0 Å². The quantitative estimate of drug-likeness (QED) is 0.213. The Hall–Kier alpha value is -5.60. The van der Waals surface area contributed by atoms with Crippen molar-refractivity contribution in [1.29, 1.82) is 0 Å². The standard InChI is InChI=1S/C40H26N2/c1-2-11-27(12-3-1)30-15-10-16-31(25-30)41-37-20-9-7-18-35(37)39-38(41)24-23-34-33-17-6-8-19-36(33)42(40(34)39)32-22-21-28-13-4-5-14-29(28)26-32/h1-26H. The summed E-state index contributed by atoms with van der Waals surface area (Å²) < 4.78 is 4.90. The van der Waals surface area contributed by atoms with Crippen LogP contribution in [0.3, 0.4) is 0 Å². The second-order valence-electron chi connectivity index (χ2n) is 11.0. The number of para-hydroxylation sites is 2. The minimum Gasteiger partial charge on any atom is -0.309 e. The van der Waals surface area contributed by atoms with Crippen LogP contribution >= 0.6 is 0 Å². The molecule has 2 aromatic heterocycles. The normalized spacial score (nSPS) is 11.8. The highest BCUT2D eigenvalue weighted by molar-refractivity contribution is 6.26. The molecule has 0 atom stereocenters. The Kier molecular flexibility index (Phi) is 4.93. The molecule has 0 unspecified atom stereocenters. The first-order chi connectivity index (χ1) is 20.8. The van der Waals surface area contributed by atoms with E-state index in [0.29, 0.717) is 0 Å². The number of nitrogens with zero attached hydrogens (tertiary/aromatic N) is 2. The predicted octanol–water partition coefficient (Wildman–Crippen LogP) is 10.7. The van der Waals surface area contributed by atoms with Gasteiger partial charge in [-0.3, -0.25) is 0 Å². The van der Waals surface area contributed by atoms with E-state index < -0.39 is 0 Å². The highest BCUT2D eigenvalue weighted by Gasteiger charge is 2.20. The maximum atomic E-state index is 2.47. The van der Waals surface area contributed by atoms with Gasteiger partial charge in [0, 0.05) is 32.9 Å². The largest absolute Gasteiger partial charge is 0.309 e. The van der Waals surface area contributed by atoms with Crippen molar-refractivity contribution in [3.8, 4) is 22.5 Å². The van der Waals surface area contributed by atoms with Gasteiger partial charge in [-0.25, -0.2) is 0 Å². The maximum Gasteiger partial charge on any atom is 0.0641 e. The lowest BCUT2D eigenvalue weighted by atomic mass is 10.1. The molecule has 0 amide bonds. The van der Waals surface area contributed by atoms with Gasteiger partial charge in [0.05, 0.1) is 22.1 Å². The Morgan fingerprint density at radius 2 is 1.00 bits per heavy atom. The van der Waals surface area contributed by atoms with Crippen LogP contribution in [0.25, 0.3) is 76.9 Å². The average molecular weight is 535 g/mol. The van der Waals surface area contributed by atoms with Crippen LogP contribution in [0.2, 0.25) is 0 Å². The second kappa shape index (κ2) is 8.95. The smallest absolute Gasteiger partial charge is 0.0641 e. The fourth-order valence-electron chi connectivity index (χ4n) is 6.83. The second-order valence-corrected chi connectivity index (χ2v) is 11.0. The molecule has 0 aliphatic heterocycles. The zero-order valence-corrected chi connectivity index (χ0v) is 22.9. The molecule has 0 saturated heterocycles. The summed E-state index contributed by atoms with van der Waals surface area (Å²) in [5.74, 6) is 0. The van der Waals surface area contributed by atoms with Gasteiger partial charge in [-0.15, -0.1) is 0 Å². The summed E-state index contributed by atoms with van der Waals surface area (Å²) in [4.78, 5) is 0. The van der Waals surface area contributed by atoms with Crippen LogP contribution in [0.15, 0.2) is 158 Å². The molecule has 0 N–H and O–H groups in total. The zero-order valence-electron chi connectivity index (χ0n) is 22.9.